The molecule has 1 fully saturated rings. The smallest absolute Gasteiger partial charge is 0.360 e. The van der Waals surface area contributed by atoms with Crippen molar-refractivity contribution in [3.05, 3.63) is 41.5 Å². The monoisotopic (exact) mass is 400 g/mol. The molecular weight excluding hydrogens is 376 g/mol. The van der Waals surface area contributed by atoms with Crippen molar-refractivity contribution in [1.82, 2.24) is 14.7 Å². The first-order valence-corrected chi connectivity index (χ1v) is 10.3. The number of benzene rings is 1. The highest BCUT2D eigenvalue weighted by Gasteiger charge is 2.19. The molecule has 0 spiro atoms. The van der Waals surface area contributed by atoms with E-state index in [2.05, 4.69) is 44.5 Å². The van der Waals surface area contributed by atoms with Crippen LogP contribution in [0, 0.1) is 0 Å². The molecule has 1 aliphatic rings. The number of carbonyl (C=O) groups is 1. The topological polar surface area (TPSA) is 70.8 Å². The van der Waals surface area contributed by atoms with Crippen LogP contribution >= 0.6 is 11.3 Å². The molecule has 7 nitrogen and oxygen atoms in total. The third-order valence-electron chi connectivity index (χ3n) is 5.06. The average Bonchev–Trinajstić information content (AvgIpc) is 3.32. The molecule has 4 rings (SSSR count). The maximum Gasteiger partial charge on any atom is 0.360 e. The molecule has 1 aliphatic heterocycles. The van der Waals surface area contributed by atoms with Gasteiger partial charge in [-0.3, -0.25) is 9.58 Å². The number of aryl methyl sites for hydroxylation is 1. The SMILES string of the molecule is Cn1cc(OCCCN2CCN(c3cccc4sccc34)CC2)c(C(=O)O)n1. The Kier molecular flexibility index (Phi) is 5.50. The summed E-state index contributed by atoms with van der Waals surface area (Å²) in [5, 5.41) is 16.6. The number of ether oxygens (including phenoxy) is 1. The Labute approximate surface area is 167 Å². The van der Waals surface area contributed by atoms with Crippen molar-refractivity contribution in [3.63, 3.8) is 0 Å². The van der Waals surface area contributed by atoms with Gasteiger partial charge in [0.25, 0.3) is 0 Å². The molecule has 1 saturated heterocycles. The van der Waals surface area contributed by atoms with Gasteiger partial charge in [-0.05, 0) is 30.0 Å². The van der Waals surface area contributed by atoms with Crippen LogP contribution in [0.3, 0.4) is 0 Å². The number of rotatable bonds is 7. The molecule has 0 amide bonds. The van der Waals surface area contributed by atoms with Crippen LogP contribution in [0.25, 0.3) is 10.1 Å². The Morgan fingerprint density at radius 2 is 2.07 bits per heavy atom. The number of thiophene rings is 1. The van der Waals surface area contributed by atoms with Crippen LogP contribution in [0.4, 0.5) is 5.69 Å². The lowest BCUT2D eigenvalue weighted by Gasteiger charge is -2.36. The zero-order chi connectivity index (χ0) is 19.5. The Balaban J connectivity index is 1.24. The minimum atomic E-state index is -1.06. The summed E-state index contributed by atoms with van der Waals surface area (Å²) >= 11 is 1.79. The van der Waals surface area contributed by atoms with E-state index < -0.39 is 5.97 Å². The highest BCUT2D eigenvalue weighted by Crippen LogP contribution is 2.31. The third kappa shape index (κ3) is 3.98. The third-order valence-corrected chi connectivity index (χ3v) is 5.94. The van der Waals surface area contributed by atoms with Crippen LogP contribution < -0.4 is 9.64 Å². The summed E-state index contributed by atoms with van der Waals surface area (Å²) in [6, 6.07) is 8.74. The Morgan fingerprint density at radius 1 is 1.25 bits per heavy atom. The Morgan fingerprint density at radius 3 is 2.86 bits per heavy atom. The van der Waals surface area contributed by atoms with E-state index in [4.69, 9.17) is 9.84 Å². The van der Waals surface area contributed by atoms with Crippen molar-refractivity contribution >= 4 is 33.1 Å². The number of carboxylic acids is 1. The molecule has 0 unspecified atom stereocenters. The van der Waals surface area contributed by atoms with Crippen molar-refractivity contribution in [2.75, 3.05) is 44.2 Å². The first-order valence-electron chi connectivity index (χ1n) is 9.45. The summed E-state index contributed by atoms with van der Waals surface area (Å²) in [6.45, 7) is 5.50. The molecule has 3 aromatic rings. The fraction of sp³-hybridized carbons (Fsp3) is 0.400. The normalized spacial score (nSPS) is 15.2. The molecule has 1 N–H and O–H groups in total. The van der Waals surface area contributed by atoms with E-state index in [0.29, 0.717) is 12.4 Å². The number of hydrogen-bond acceptors (Lipinski definition) is 6. The second-order valence-electron chi connectivity index (χ2n) is 6.96. The highest BCUT2D eigenvalue weighted by molar-refractivity contribution is 7.17. The second-order valence-corrected chi connectivity index (χ2v) is 7.91. The molecule has 2 aromatic heterocycles. The van der Waals surface area contributed by atoms with Gasteiger partial charge in [-0.25, -0.2) is 4.79 Å². The van der Waals surface area contributed by atoms with E-state index in [1.165, 1.54) is 20.5 Å². The maximum absolute atomic E-state index is 11.2. The zero-order valence-corrected chi connectivity index (χ0v) is 16.7. The number of hydrogen-bond donors (Lipinski definition) is 1. The first-order chi connectivity index (χ1) is 13.6. The molecule has 28 heavy (non-hydrogen) atoms. The van der Waals surface area contributed by atoms with Gasteiger partial charge in [0.05, 0.1) is 12.8 Å². The fourth-order valence-corrected chi connectivity index (χ4v) is 4.46. The number of nitrogens with zero attached hydrogens (tertiary/aromatic N) is 4. The van der Waals surface area contributed by atoms with Crippen molar-refractivity contribution in [1.29, 1.82) is 0 Å². The number of anilines is 1. The molecule has 0 bridgehead atoms. The Hall–Kier alpha value is -2.58. The lowest BCUT2D eigenvalue weighted by Crippen LogP contribution is -2.46. The van der Waals surface area contributed by atoms with E-state index in [0.717, 1.165) is 39.1 Å². The summed E-state index contributed by atoms with van der Waals surface area (Å²) in [5.41, 5.74) is 1.30. The van der Waals surface area contributed by atoms with E-state index in [9.17, 15) is 4.79 Å². The molecule has 3 heterocycles. The van der Waals surface area contributed by atoms with E-state index in [-0.39, 0.29) is 5.69 Å². The number of carboxylic acid groups (broad SMARTS) is 1. The van der Waals surface area contributed by atoms with Crippen molar-refractivity contribution in [3.8, 4) is 5.75 Å². The highest BCUT2D eigenvalue weighted by atomic mass is 32.1. The molecule has 0 saturated carbocycles. The van der Waals surface area contributed by atoms with Gasteiger partial charge in [0.1, 0.15) is 0 Å². The summed E-state index contributed by atoms with van der Waals surface area (Å²) in [4.78, 5) is 16.1. The van der Waals surface area contributed by atoms with Gasteiger partial charge in [-0.15, -0.1) is 11.3 Å². The summed E-state index contributed by atoms with van der Waals surface area (Å²) in [7, 11) is 1.69. The minimum absolute atomic E-state index is 0.0290. The predicted octanol–water partition coefficient (Wildman–Crippen LogP) is 2.92. The standard InChI is InChI=1S/C20H24N4O3S/c1-22-14-17(19(21-22)20(25)26)27-12-3-7-23-8-10-24(11-9-23)16-4-2-5-18-15(16)6-13-28-18/h2,4-6,13-14H,3,7-12H2,1H3,(H,25,26). The summed E-state index contributed by atoms with van der Waals surface area (Å²) in [6.07, 6.45) is 2.46. The molecule has 1 aromatic carbocycles. The van der Waals surface area contributed by atoms with Crippen molar-refractivity contribution in [2.45, 2.75) is 6.42 Å². The molecular formula is C20H24N4O3S. The zero-order valence-electron chi connectivity index (χ0n) is 15.9. The lowest BCUT2D eigenvalue weighted by molar-refractivity contribution is 0.0685. The fourth-order valence-electron chi connectivity index (χ4n) is 3.66. The second kappa shape index (κ2) is 8.20. The van der Waals surface area contributed by atoms with Crippen molar-refractivity contribution in [2.24, 2.45) is 7.05 Å². The Bertz CT molecular complexity index is 959. The van der Waals surface area contributed by atoms with Crippen molar-refractivity contribution < 1.29 is 14.6 Å². The van der Waals surface area contributed by atoms with Crippen LogP contribution in [0.1, 0.15) is 16.9 Å². The van der Waals surface area contributed by atoms with Crippen LogP contribution in [0.15, 0.2) is 35.8 Å². The molecule has 0 atom stereocenters. The summed E-state index contributed by atoms with van der Waals surface area (Å²) in [5.74, 6) is -0.726. The molecule has 8 heteroatoms. The van der Waals surface area contributed by atoms with Gasteiger partial charge in [0.2, 0.25) is 5.69 Å². The summed E-state index contributed by atoms with van der Waals surface area (Å²) < 4.78 is 8.45. The van der Waals surface area contributed by atoms with Gasteiger partial charge in [0, 0.05) is 55.5 Å². The molecule has 0 aliphatic carbocycles. The largest absolute Gasteiger partial charge is 0.489 e. The van der Waals surface area contributed by atoms with Crippen LogP contribution in [-0.2, 0) is 7.05 Å². The van der Waals surface area contributed by atoms with Crippen LogP contribution in [0.2, 0.25) is 0 Å². The van der Waals surface area contributed by atoms with Gasteiger partial charge in [-0.2, -0.15) is 5.10 Å². The van der Waals surface area contributed by atoms with Gasteiger partial charge in [-0.1, -0.05) is 6.07 Å². The van der Waals surface area contributed by atoms with Gasteiger partial charge < -0.3 is 14.7 Å². The van der Waals surface area contributed by atoms with Crippen LogP contribution in [0.5, 0.6) is 5.75 Å². The minimum Gasteiger partial charge on any atom is -0.489 e. The number of piperazine rings is 1. The predicted molar refractivity (Wildman–Crippen MR) is 111 cm³/mol. The van der Waals surface area contributed by atoms with Crippen LogP contribution in [-0.4, -0.2) is 65.1 Å². The van der Waals surface area contributed by atoms with E-state index in [1.54, 1.807) is 24.6 Å². The van der Waals surface area contributed by atoms with Gasteiger partial charge in [0.15, 0.2) is 5.75 Å². The van der Waals surface area contributed by atoms with E-state index in [1.807, 2.05) is 0 Å². The molecule has 148 valence electrons. The van der Waals surface area contributed by atoms with E-state index >= 15 is 0 Å². The molecule has 0 radical (unpaired) electrons. The average molecular weight is 401 g/mol. The lowest BCUT2D eigenvalue weighted by atomic mass is 10.2. The quantitative estimate of drug-likeness (QED) is 0.615. The number of aromatic nitrogens is 2. The van der Waals surface area contributed by atoms with Gasteiger partial charge >= 0.3 is 5.97 Å². The number of aromatic carboxylic acids is 1. The maximum atomic E-state index is 11.2. The first kappa shape index (κ1) is 18.8. The number of fused-ring (bicyclic) bond motifs is 1.